The molecule has 1 N–H and O–H groups in total. The first kappa shape index (κ1) is 17.2. The van der Waals surface area contributed by atoms with Gasteiger partial charge in [0, 0.05) is 31.2 Å². The summed E-state index contributed by atoms with van der Waals surface area (Å²) in [7, 11) is 0. The van der Waals surface area contributed by atoms with Crippen molar-refractivity contribution in [3.8, 4) is 0 Å². The molecule has 21 heavy (non-hydrogen) atoms. The fourth-order valence-electron chi connectivity index (χ4n) is 3.95. The van der Waals surface area contributed by atoms with Crippen LogP contribution in [0.25, 0.3) is 0 Å². The van der Waals surface area contributed by atoms with Crippen molar-refractivity contribution in [1.29, 1.82) is 0 Å². The highest BCUT2D eigenvalue weighted by Gasteiger charge is 2.29. The van der Waals surface area contributed by atoms with Crippen molar-refractivity contribution in [2.24, 2.45) is 5.92 Å². The minimum Gasteiger partial charge on any atom is -0.379 e. The quantitative estimate of drug-likeness (QED) is 0.760. The van der Waals surface area contributed by atoms with E-state index >= 15 is 0 Å². The fraction of sp³-hybridized carbons (Fsp3) is 1.00. The Bertz CT molecular complexity index is 287. The Kier molecular flexibility index (Phi) is 6.97. The van der Waals surface area contributed by atoms with E-state index in [9.17, 15) is 0 Å². The van der Waals surface area contributed by atoms with Crippen molar-refractivity contribution < 1.29 is 4.74 Å². The molecular formula is C18H36N2O. The van der Waals surface area contributed by atoms with Crippen molar-refractivity contribution in [3.05, 3.63) is 0 Å². The van der Waals surface area contributed by atoms with E-state index in [0.29, 0.717) is 0 Å². The Morgan fingerprint density at radius 1 is 1.10 bits per heavy atom. The van der Waals surface area contributed by atoms with E-state index in [1.165, 1.54) is 44.9 Å². The van der Waals surface area contributed by atoms with Crippen molar-refractivity contribution in [3.63, 3.8) is 0 Å². The molecule has 0 spiro atoms. The molecule has 1 aliphatic heterocycles. The third kappa shape index (κ3) is 5.54. The van der Waals surface area contributed by atoms with E-state index in [2.05, 4.69) is 31.0 Å². The molecule has 3 heteroatoms. The average molecular weight is 296 g/mol. The van der Waals surface area contributed by atoms with Gasteiger partial charge in [0.2, 0.25) is 0 Å². The summed E-state index contributed by atoms with van der Waals surface area (Å²) in [6.45, 7) is 12.1. The molecule has 0 aromatic heterocycles. The molecule has 1 saturated heterocycles. The van der Waals surface area contributed by atoms with E-state index in [1.54, 1.807) is 0 Å². The summed E-state index contributed by atoms with van der Waals surface area (Å²) >= 11 is 0. The first-order chi connectivity index (χ1) is 10.1. The van der Waals surface area contributed by atoms with E-state index in [4.69, 9.17) is 4.74 Å². The number of morpholine rings is 1. The molecule has 2 atom stereocenters. The van der Waals surface area contributed by atoms with Crippen LogP contribution in [0.2, 0.25) is 0 Å². The summed E-state index contributed by atoms with van der Waals surface area (Å²) in [5.41, 5.74) is 0.249. The first-order valence-electron chi connectivity index (χ1n) is 9.18. The number of hydrogen-bond acceptors (Lipinski definition) is 3. The lowest BCUT2D eigenvalue weighted by Crippen LogP contribution is -2.55. The van der Waals surface area contributed by atoms with Gasteiger partial charge in [0.05, 0.1) is 13.2 Å². The van der Waals surface area contributed by atoms with Crippen molar-refractivity contribution in [2.45, 2.75) is 77.3 Å². The molecule has 0 amide bonds. The Labute approximate surface area is 131 Å². The van der Waals surface area contributed by atoms with Crippen LogP contribution < -0.4 is 5.32 Å². The monoisotopic (exact) mass is 296 g/mol. The van der Waals surface area contributed by atoms with Gasteiger partial charge in [0.1, 0.15) is 0 Å². The minimum atomic E-state index is 0.249. The molecule has 0 aromatic rings. The summed E-state index contributed by atoms with van der Waals surface area (Å²) in [5.74, 6) is 0.994. The van der Waals surface area contributed by atoms with E-state index in [1.807, 2.05) is 0 Å². The molecule has 3 nitrogen and oxygen atoms in total. The van der Waals surface area contributed by atoms with Crippen LogP contribution in [0.5, 0.6) is 0 Å². The summed E-state index contributed by atoms with van der Waals surface area (Å²) in [6, 6.07) is 0.743. The van der Waals surface area contributed by atoms with Crippen LogP contribution in [0.3, 0.4) is 0 Å². The minimum absolute atomic E-state index is 0.249. The second-order valence-electron chi connectivity index (χ2n) is 7.65. The van der Waals surface area contributed by atoms with Gasteiger partial charge in [-0.3, -0.25) is 4.90 Å². The summed E-state index contributed by atoms with van der Waals surface area (Å²) in [4.78, 5) is 2.58. The highest BCUT2D eigenvalue weighted by molar-refractivity contribution is 4.87. The molecular weight excluding hydrogens is 260 g/mol. The number of nitrogens with one attached hydrogen (secondary N) is 1. The van der Waals surface area contributed by atoms with Crippen LogP contribution >= 0.6 is 0 Å². The maximum Gasteiger partial charge on any atom is 0.0594 e. The van der Waals surface area contributed by atoms with Crippen molar-refractivity contribution in [2.75, 3.05) is 32.8 Å². The van der Waals surface area contributed by atoms with E-state index in [0.717, 1.165) is 44.8 Å². The number of rotatable bonds is 6. The molecule has 2 rings (SSSR count). The van der Waals surface area contributed by atoms with Crippen LogP contribution in [0.15, 0.2) is 0 Å². The van der Waals surface area contributed by atoms with Gasteiger partial charge in [-0.15, -0.1) is 0 Å². The van der Waals surface area contributed by atoms with Crippen LogP contribution in [0.1, 0.15) is 65.7 Å². The predicted octanol–water partition coefficient (Wildman–Crippen LogP) is 3.44. The molecule has 0 bridgehead atoms. The number of hydrogen-bond donors (Lipinski definition) is 1. The lowest BCUT2D eigenvalue weighted by Gasteiger charge is -2.41. The standard InChI is InChI=1S/C18H36N2O/c1-4-6-16-7-5-8-17(10-9-16)19-15-18(2,3)20-11-13-21-14-12-20/h16-17,19H,4-15H2,1-3H3. The van der Waals surface area contributed by atoms with Crippen LogP contribution in [0, 0.1) is 5.92 Å². The second-order valence-corrected chi connectivity index (χ2v) is 7.65. The van der Waals surface area contributed by atoms with Crippen LogP contribution in [0.4, 0.5) is 0 Å². The molecule has 0 radical (unpaired) electrons. The second kappa shape index (κ2) is 8.50. The Morgan fingerprint density at radius 3 is 2.57 bits per heavy atom. The van der Waals surface area contributed by atoms with Gasteiger partial charge in [-0.1, -0.05) is 32.6 Å². The third-order valence-corrected chi connectivity index (χ3v) is 5.48. The smallest absolute Gasteiger partial charge is 0.0594 e. The zero-order valence-electron chi connectivity index (χ0n) is 14.5. The molecule has 1 heterocycles. The lowest BCUT2D eigenvalue weighted by molar-refractivity contribution is -0.0105. The fourth-order valence-corrected chi connectivity index (χ4v) is 3.95. The highest BCUT2D eigenvalue weighted by Crippen LogP contribution is 2.27. The maximum absolute atomic E-state index is 5.48. The van der Waals surface area contributed by atoms with E-state index in [-0.39, 0.29) is 5.54 Å². The molecule has 2 aliphatic rings. The van der Waals surface area contributed by atoms with Gasteiger partial charge in [0.15, 0.2) is 0 Å². The summed E-state index contributed by atoms with van der Waals surface area (Å²) in [6.07, 6.45) is 9.85. The normalized spacial score (nSPS) is 29.3. The Balaban J connectivity index is 1.73. The molecule has 1 saturated carbocycles. The van der Waals surface area contributed by atoms with E-state index < -0.39 is 0 Å². The molecule has 0 aromatic carbocycles. The van der Waals surface area contributed by atoms with Gasteiger partial charge in [0.25, 0.3) is 0 Å². The maximum atomic E-state index is 5.48. The zero-order chi connectivity index (χ0) is 15.1. The topological polar surface area (TPSA) is 24.5 Å². The highest BCUT2D eigenvalue weighted by atomic mass is 16.5. The van der Waals surface area contributed by atoms with Gasteiger partial charge in [-0.25, -0.2) is 0 Å². The Morgan fingerprint density at radius 2 is 1.86 bits per heavy atom. The largest absolute Gasteiger partial charge is 0.379 e. The molecule has 2 fully saturated rings. The first-order valence-corrected chi connectivity index (χ1v) is 9.18. The number of nitrogens with zero attached hydrogens (tertiary/aromatic N) is 1. The van der Waals surface area contributed by atoms with Gasteiger partial charge < -0.3 is 10.1 Å². The zero-order valence-corrected chi connectivity index (χ0v) is 14.5. The molecule has 1 aliphatic carbocycles. The summed E-state index contributed by atoms with van der Waals surface area (Å²) < 4.78 is 5.48. The summed E-state index contributed by atoms with van der Waals surface area (Å²) in [5, 5.41) is 3.88. The SMILES string of the molecule is CCCC1CCCC(NCC(C)(C)N2CCOCC2)CC1. The average Bonchev–Trinajstić information content (AvgIpc) is 2.72. The van der Waals surface area contributed by atoms with Crippen molar-refractivity contribution >= 4 is 0 Å². The predicted molar refractivity (Wildman–Crippen MR) is 89.7 cm³/mol. The van der Waals surface area contributed by atoms with Crippen LogP contribution in [-0.2, 0) is 4.74 Å². The van der Waals surface area contributed by atoms with Crippen molar-refractivity contribution in [1.82, 2.24) is 10.2 Å². The lowest BCUT2D eigenvalue weighted by atomic mass is 9.95. The number of ether oxygens (including phenoxy) is 1. The Hall–Kier alpha value is -0.120. The van der Waals surface area contributed by atoms with Gasteiger partial charge in [-0.2, -0.15) is 0 Å². The third-order valence-electron chi connectivity index (χ3n) is 5.48. The van der Waals surface area contributed by atoms with Gasteiger partial charge >= 0.3 is 0 Å². The molecule has 124 valence electrons. The molecule has 2 unspecified atom stereocenters. The van der Waals surface area contributed by atoms with Gasteiger partial charge in [-0.05, 0) is 39.0 Å². The van der Waals surface area contributed by atoms with Crippen LogP contribution in [-0.4, -0.2) is 49.3 Å².